The summed E-state index contributed by atoms with van der Waals surface area (Å²) in [6.07, 6.45) is 14.0. The number of nitrogens with zero attached hydrogens (tertiary/aromatic N) is 2. The molecule has 0 aromatic rings. The highest BCUT2D eigenvalue weighted by molar-refractivity contribution is 5.92. The Morgan fingerprint density at radius 2 is 1.57 bits per heavy atom. The zero-order valence-electron chi connectivity index (χ0n) is 13.5. The molecule has 1 atom stereocenters. The number of hydrogen-bond acceptors (Lipinski definition) is 2. The molecule has 3 nitrogen and oxygen atoms in total. The van der Waals surface area contributed by atoms with Crippen molar-refractivity contribution in [1.82, 2.24) is 10.2 Å². The van der Waals surface area contributed by atoms with Crippen LogP contribution in [0.1, 0.15) is 70.6 Å². The molecule has 21 heavy (non-hydrogen) atoms. The number of ketones is 1. The van der Waals surface area contributed by atoms with E-state index >= 15 is 0 Å². The molecule has 3 heteroatoms. The predicted molar refractivity (Wildman–Crippen MR) is 85.8 cm³/mol. The van der Waals surface area contributed by atoms with Crippen LogP contribution in [-0.4, -0.2) is 37.5 Å². The number of rotatable bonds is 2. The summed E-state index contributed by atoms with van der Waals surface area (Å²) < 4.78 is 0. The fourth-order valence-electron chi connectivity index (χ4n) is 4.59. The van der Waals surface area contributed by atoms with Crippen LogP contribution >= 0.6 is 0 Å². The summed E-state index contributed by atoms with van der Waals surface area (Å²) in [4.78, 5) is 14.8. The third-order valence-corrected chi connectivity index (χ3v) is 5.99. The summed E-state index contributed by atoms with van der Waals surface area (Å²) >= 11 is 0. The molecule has 1 unspecified atom stereocenters. The Kier molecular flexibility index (Phi) is 5.33. The lowest BCUT2D eigenvalue weighted by Gasteiger charge is -2.38. The van der Waals surface area contributed by atoms with E-state index in [2.05, 4.69) is 10.2 Å². The summed E-state index contributed by atoms with van der Waals surface area (Å²) in [6.45, 7) is 4.61. The maximum Gasteiger partial charge on any atom is 0.206 e. The van der Waals surface area contributed by atoms with Crippen molar-refractivity contribution < 1.29 is 4.79 Å². The Balaban J connectivity index is 0.000000160. The zero-order valence-corrected chi connectivity index (χ0v) is 13.5. The summed E-state index contributed by atoms with van der Waals surface area (Å²) in [7, 11) is 0. The molecule has 0 aromatic heterocycles. The van der Waals surface area contributed by atoms with E-state index < -0.39 is 0 Å². The molecular formula is C18H31N2O+. The van der Waals surface area contributed by atoms with Gasteiger partial charge in [-0.2, -0.15) is 4.90 Å². The van der Waals surface area contributed by atoms with E-state index in [0.29, 0.717) is 11.7 Å². The number of carbonyl (C=O) groups is 1. The van der Waals surface area contributed by atoms with Gasteiger partial charge in [0.15, 0.2) is 0 Å². The van der Waals surface area contributed by atoms with Gasteiger partial charge in [-0.1, -0.05) is 25.7 Å². The molecule has 0 spiro atoms. The van der Waals surface area contributed by atoms with Gasteiger partial charge in [0, 0.05) is 31.8 Å². The highest BCUT2D eigenvalue weighted by Gasteiger charge is 2.63. The fourth-order valence-corrected chi connectivity index (χ4v) is 4.59. The lowest BCUT2D eigenvalue weighted by Crippen LogP contribution is -2.65. The highest BCUT2D eigenvalue weighted by Crippen LogP contribution is 2.43. The van der Waals surface area contributed by atoms with Gasteiger partial charge in [0.25, 0.3) is 0 Å². The van der Waals surface area contributed by atoms with Crippen molar-refractivity contribution in [2.75, 3.05) is 26.2 Å². The number of hydrogen-bond donors (Lipinski definition) is 0. The molecule has 3 heterocycles. The van der Waals surface area contributed by atoms with Crippen LogP contribution in [0.25, 0.3) is 0 Å². The zero-order chi connectivity index (χ0) is 14.5. The van der Waals surface area contributed by atoms with E-state index in [1.54, 1.807) is 0 Å². The monoisotopic (exact) mass is 291 g/mol. The number of Topliss-reactive ketones (excluding diaryl/α,β-unsaturated/α-hetero) is 1. The van der Waals surface area contributed by atoms with Crippen molar-refractivity contribution in [2.45, 2.75) is 76.2 Å². The Labute approximate surface area is 129 Å². The normalized spacial score (nSPS) is 33.5. The van der Waals surface area contributed by atoms with Crippen LogP contribution in [0.5, 0.6) is 0 Å². The van der Waals surface area contributed by atoms with Gasteiger partial charge in [0.1, 0.15) is 13.1 Å². The van der Waals surface area contributed by atoms with Crippen LogP contribution in [-0.2, 0) is 4.79 Å². The van der Waals surface area contributed by atoms with Crippen molar-refractivity contribution in [2.24, 2.45) is 5.92 Å². The first-order valence-corrected chi connectivity index (χ1v) is 9.25. The van der Waals surface area contributed by atoms with E-state index in [1.807, 2.05) is 0 Å². The van der Waals surface area contributed by atoms with Crippen LogP contribution in [0.4, 0.5) is 0 Å². The molecule has 4 aliphatic rings. The van der Waals surface area contributed by atoms with Crippen molar-refractivity contribution >= 4 is 5.78 Å². The minimum absolute atomic E-state index is 0.0506. The largest absolute Gasteiger partial charge is 0.292 e. The van der Waals surface area contributed by atoms with Gasteiger partial charge in [-0.25, -0.2) is 5.32 Å². The van der Waals surface area contributed by atoms with Gasteiger partial charge >= 0.3 is 0 Å². The van der Waals surface area contributed by atoms with Gasteiger partial charge in [-0.3, -0.25) is 4.79 Å². The Morgan fingerprint density at radius 1 is 0.857 bits per heavy atom. The minimum atomic E-state index is 0.0506. The molecule has 0 bridgehead atoms. The SMILES string of the molecule is C1CCC[N]CC1.O=C(C1CCCC1)C12CCC[N+]1CC2. The standard InChI is InChI=1S/C12H19NO.C6H12N/c14-11(10-4-1-2-5-10)12-6-3-8-13(12)9-7-12;1-2-4-6-7-5-3-1/h10H,1-9H2;1-6H2/q+1;. The van der Waals surface area contributed by atoms with Crippen molar-refractivity contribution in [3.05, 3.63) is 0 Å². The first-order chi connectivity index (χ1) is 10.3. The molecule has 3 aliphatic heterocycles. The number of fused-ring (bicyclic) bond motifs is 1. The van der Waals surface area contributed by atoms with Crippen LogP contribution in [0, 0.1) is 5.92 Å². The summed E-state index contributed by atoms with van der Waals surface area (Å²) in [5, 5.41) is 4.27. The smallest absolute Gasteiger partial charge is 0.206 e. The molecular weight excluding hydrogens is 260 g/mol. The molecule has 1 aliphatic carbocycles. The molecule has 1 saturated carbocycles. The second-order valence-electron chi connectivity index (χ2n) is 7.30. The molecule has 0 aromatic carbocycles. The Bertz CT molecular complexity index is 331. The third kappa shape index (κ3) is 3.34. The average molecular weight is 291 g/mol. The van der Waals surface area contributed by atoms with Crippen LogP contribution < -0.4 is 10.2 Å². The summed E-state index contributed by atoms with van der Waals surface area (Å²) in [5.74, 6) is 1.04. The van der Waals surface area contributed by atoms with Crippen LogP contribution in [0.3, 0.4) is 0 Å². The first-order valence-electron chi connectivity index (χ1n) is 9.25. The maximum absolute atomic E-state index is 12.4. The van der Waals surface area contributed by atoms with Crippen molar-refractivity contribution in [3.63, 3.8) is 0 Å². The molecule has 0 N–H and O–H groups in total. The van der Waals surface area contributed by atoms with E-state index in [9.17, 15) is 4.79 Å². The minimum Gasteiger partial charge on any atom is -0.292 e. The molecule has 118 valence electrons. The lowest BCUT2D eigenvalue weighted by molar-refractivity contribution is -0.135. The van der Waals surface area contributed by atoms with Crippen molar-refractivity contribution in [3.8, 4) is 0 Å². The lowest BCUT2D eigenvalue weighted by atomic mass is 9.75. The van der Waals surface area contributed by atoms with Gasteiger partial charge in [-0.15, -0.1) is 0 Å². The van der Waals surface area contributed by atoms with Crippen molar-refractivity contribution in [1.29, 1.82) is 0 Å². The van der Waals surface area contributed by atoms with E-state index in [-0.39, 0.29) is 5.54 Å². The van der Waals surface area contributed by atoms with Gasteiger partial charge in [0.2, 0.25) is 11.3 Å². The van der Waals surface area contributed by atoms with Gasteiger partial charge in [0.05, 0.1) is 6.42 Å². The van der Waals surface area contributed by atoms with Gasteiger partial charge in [-0.05, 0) is 25.7 Å². The van der Waals surface area contributed by atoms with Crippen LogP contribution in [0.15, 0.2) is 0 Å². The van der Waals surface area contributed by atoms with E-state index in [4.69, 9.17) is 0 Å². The first kappa shape index (κ1) is 15.5. The second-order valence-corrected chi connectivity index (χ2v) is 7.30. The summed E-state index contributed by atoms with van der Waals surface area (Å²) in [5.41, 5.74) is 0.0506. The fraction of sp³-hybridized carbons (Fsp3) is 0.944. The Morgan fingerprint density at radius 3 is 2.14 bits per heavy atom. The van der Waals surface area contributed by atoms with E-state index in [0.717, 1.165) is 25.9 Å². The Hall–Kier alpha value is -0.410. The number of carbonyl (C=O) groups excluding carboxylic acids is 1. The third-order valence-electron chi connectivity index (χ3n) is 5.99. The van der Waals surface area contributed by atoms with E-state index in [1.165, 1.54) is 70.9 Å². The van der Waals surface area contributed by atoms with Crippen LogP contribution in [0.2, 0.25) is 0 Å². The topological polar surface area (TPSA) is 37.1 Å². The quantitative estimate of drug-likeness (QED) is 0.721. The summed E-state index contributed by atoms with van der Waals surface area (Å²) in [6, 6.07) is 0. The second kappa shape index (κ2) is 7.23. The molecule has 4 fully saturated rings. The average Bonchev–Trinajstić information content (AvgIpc) is 2.99. The molecule has 2 radical (unpaired) electrons. The van der Waals surface area contributed by atoms with Gasteiger partial charge < -0.3 is 0 Å². The predicted octanol–water partition coefficient (Wildman–Crippen LogP) is 2.99. The highest BCUT2D eigenvalue weighted by atomic mass is 16.1. The molecule has 3 saturated heterocycles. The molecule has 4 rings (SSSR count). The maximum atomic E-state index is 12.4. The molecule has 0 amide bonds.